The van der Waals surface area contributed by atoms with Crippen molar-refractivity contribution < 1.29 is 4.79 Å². The number of piperidine rings is 1. The summed E-state index contributed by atoms with van der Waals surface area (Å²) in [5.41, 5.74) is 0. The van der Waals surface area contributed by atoms with Gasteiger partial charge in [0.2, 0.25) is 0 Å². The van der Waals surface area contributed by atoms with E-state index in [9.17, 15) is 4.79 Å². The average molecular weight is 204 g/mol. The van der Waals surface area contributed by atoms with Crippen molar-refractivity contribution in [1.82, 2.24) is 4.98 Å². The maximum Gasteiger partial charge on any atom is 0.134 e. The van der Waals surface area contributed by atoms with Crippen molar-refractivity contribution in [3.8, 4) is 0 Å². The Balaban J connectivity index is 2.08. The van der Waals surface area contributed by atoms with Crippen molar-refractivity contribution in [2.24, 2.45) is 5.92 Å². The monoisotopic (exact) mass is 204 g/mol. The molecule has 0 radical (unpaired) electrons. The van der Waals surface area contributed by atoms with Gasteiger partial charge < -0.3 is 4.90 Å². The number of hydrogen-bond acceptors (Lipinski definition) is 3. The number of nitrogens with zero attached hydrogens (tertiary/aromatic N) is 2. The predicted molar refractivity (Wildman–Crippen MR) is 59.9 cm³/mol. The minimum absolute atomic E-state index is 0.195. The average Bonchev–Trinajstić information content (AvgIpc) is 2.30. The Morgan fingerprint density at radius 3 is 3.07 bits per heavy atom. The second-order valence-corrected chi connectivity index (χ2v) is 4.08. The van der Waals surface area contributed by atoms with Crippen LogP contribution in [0.1, 0.15) is 19.8 Å². The fourth-order valence-corrected chi connectivity index (χ4v) is 2.06. The third kappa shape index (κ3) is 2.35. The fraction of sp³-hybridized carbons (Fsp3) is 0.500. The Kier molecular flexibility index (Phi) is 2.99. The van der Waals surface area contributed by atoms with Gasteiger partial charge in [-0.25, -0.2) is 4.98 Å². The van der Waals surface area contributed by atoms with Crippen LogP contribution in [0.4, 0.5) is 5.82 Å². The van der Waals surface area contributed by atoms with Crippen molar-refractivity contribution in [2.75, 3.05) is 18.0 Å². The molecule has 2 rings (SSSR count). The first-order valence-electron chi connectivity index (χ1n) is 5.44. The quantitative estimate of drug-likeness (QED) is 0.737. The van der Waals surface area contributed by atoms with Gasteiger partial charge in [0, 0.05) is 25.2 Å². The van der Waals surface area contributed by atoms with E-state index in [2.05, 4.69) is 9.88 Å². The molecule has 0 aliphatic carbocycles. The highest BCUT2D eigenvalue weighted by atomic mass is 16.1. The van der Waals surface area contributed by atoms with Crippen LogP contribution in [0.15, 0.2) is 24.4 Å². The summed E-state index contributed by atoms with van der Waals surface area (Å²) in [6.07, 6.45) is 3.91. The summed E-state index contributed by atoms with van der Waals surface area (Å²) in [5, 5.41) is 0. The van der Waals surface area contributed by atoms with Crippen molar-refractivity contribution in [3.05, 3.63) is 24.4 Å². The Morgan fingerprint density at radius 1 is 1.53 bits per heavy atom. The molecule has 3 heteroatoms. The summed E-state index contributed by atoms with van der Waals surface area (Å²) in [4.78, 5) is 17.8. The first-order chi connectivity index (χ1) is 7.27. The summed E-state index contributed by atoms with van der Waals surface area (Å²) < 4.78 is 0. The predicted octanol–water partition coefficient (Wildman–Crippen LogP) is 1.89. The van der Waals surface area contributed by atoms with Gasteiger partial charge >= 0.3 is 0 Å². The van der Waals surface area contributed by atoms with Crippen LogP contribution in [-0.2, 0) is 4.79 Å². The highest BCUT2D eigenvalue weighted by Gasteiger charge is 2.23. The lowest BCUT2D eigenvalue weighted by molar-refractivity contribution is -0.120. The minimum atomic E-state index is 0.195. The molecule has 0 N–H and O–H groups in total. The first kappa shape index (κ1) is 10.1. The van der Waals surface area contributed by atoms with Crippen LogP contribution >= 0.6 is 0 Å². The van der Waals surface area contributed by atoms with Crippen LogP contribution in [0.2, 0.25) is 0 Å². The van der Waals surface area contributed by atoms with Crippen LogP contribution in [0.25, 0.3) is 0 Å². The van der Waals surface area contributed by atoms with Crippen molar-refractivity contribution in [2.45, 2.75) is 19.8 Å². The number of aromatic nitrogens is 1. The fourth-order valence-electron chi connectivity index (χ4n) is 2.06. The van der Waals surface area contributed by atoms with E-state index in [4.69, 9.17) is 0 Å². The molecular weight excluding hydrogens is 188 g/mol. The molecule has 1 aromatic heterocycles. The van der Waals surface area contributed by atoms with Crippen molar-refractivity contribution in [3.63, 3.8) is 0 Å². The maximum absolute atomic E-state index is 11.3. The van der Waals surface area contributed by atoms with Crippen LogP contribution in [0, 0.1) is 5.92 Å². The Bertz CT molecular complexity index is 337. The van der Waals surface area contributed by atoms with Gasteiger partial charge in [0.05, 0.1) is 0 Å². The van der Waals surface area contributed by atoms with E-state index in [1.54, 1.807) is 13.1 Å². The SMILES string of the molecule is CC(=O)C1CCCN(c2ccccn2)C1. The zero-order chi connectivity index (χ0) is 10.7. The summed E-state index contributed by atoms with van der Waals surface area (Å²) in [5.74, 6) is 1.49. The number of pyridine rings is 1. The van der Waals surface area contributed by atoms with Gasteiger partial charge in [-0.1, -0.05) is 6.07 Å². The van der Waals surface area contributed by atoms with Gasteiger partial charge in [0.25, 0.3) is 0 Å². The molecule has 1 fully saturated rings. The van der Waals surface area contributed by atoms with Crippen LogP contribution in [-0.4, -0.2) is 23.9 Å². The summed E-state index contributed by atoms with van der Waals surface area (Å²) in [6, 6.07) is 5.90. The number of Topliss-reactive ketones (excluding diaryl/α,β-unsaturated/α-hetero) is 1. The molecule has 1 atom stereocenters. The zero-order valence-corrected chi connectivity index (χ0v) is 9.02. The van der Waals surface area contributed by atoms with E-state index in [0.717, 1.165) is 31.7 Å². The molecule has 0 amide bonds. The molecule has 15 heavy (non-hydrogen) atoms. The second-order valence-electron chi connectivity index (χ2n) is 4.08. The van der Waals surface area contributed by atoms with Gasteiger partial charge in [-0.05, 0) is 31.9 Å². The largest absolute Gasteiger partial charge is 0.356 e. The van der Waals surface area contributed by atoms with Crippen molar-refractivity contribution in [1.29, 1.82) is 0 Å². The normalized spacial score (nSPS) is 21.4. The van der Waals surface area contributed by atoms with E-state index in [0.29, 0.717) is 5.78 Å². The molecule has 2 heterocycles. The zero-order valence-electron chi connectivity index (χ0n) is 9.02. The van der Waals surface area contributed by atoms with Crippen LogP contribution in [0.3, 0.4) is 0 Å². The van der Waals surface area contributed by atoms with Gasteiger partial charge in [-0.2, -0.15) is 0 Å². The number of ketones is 1. The van der Waals surface area contributed by atoms with Crippen LogP contribution < -0.4 is 4.90 Å². The number of carbonyl (C=O) groups is 1. The Hall–Kier alpha value is -1.38. The van der Waals surface area contributed by atoms with E-state index >= 15 is 0 Å². The molecule has 0 bridgehead atoms. The first-order valence-corrected chi connectivity index (χ1v) is 5.44. The number of carbonyl (C=O) groups excluding carboxylic acids is 1. The van der Waals surface area contributed by atoms with Gasteiger partial charge in [0.15, 0.2) is 0 Å². The van der Waals surface area contributed by atoms with E-state index in [1.165, 1.54) is 0 Å². The summed E-state index contributed by atoms with van der Waals surface area (Å²) in [7, 11) is 0. The summed E-state index contributed by atoms with van der Waals surface area (Å²) in [6.45, 7) is 3.53. The highest BCUT2D eigenvalue weighted by Crippen LogP contribution is 2.21. The third-order valence-electron chi connectivity index (χ3n) is 2.97. The van der Waals surface area contributed by atoms with E-state index < -0.39 is 0 Å². The maximum atomic E-state index is 11.3. The van der Waals surface area contributed by atoms with Gasteiger partial charge in [0.1, 0.15) is 11.6 Å². The smallest absolute Gasteiger partial charge is 0.134 e. The molecule has 0 aromatic carbocycles. The van der Waals surface area contributed by atoms with Gasteiger partial charge in [-0.15, -0.1) is 0 Å². The third-order valence-corrected chi connectivity index (χ3v) is 2.97. The molecule has 1 unspecified atom stereocenters. The molecule has 1 aliphatic heterocycles. The molecular formula is C12H16N2O. The lowest BCUT2D eigenvalue weighted by atomic mass is 9.95. The lowest BCUT2D eigenvalue weighted by Gasteiger charge is -2.32. The molecule has 0 spiro atoms. The summed E-state index contributed by atoms with van der Waals surface area (Å²) >= 11 is 0. The minimum Gasteiger partial charge on any atom is -0.356 e. The number of rotatable bonds is 2. The Labute approximate surface area is 90.1 Å². The second kappa shape index (κ2) is 4.43. The highest BCUT2D eigenvalue weighted by molar-refractivity contribution is 5.79. The number of anilines is 1. The Morgan fingerprint density at radius 2 is 2.40 bits per heavy atom. The molecule has 3 nitrogen and oxygen atoms in total. The lowest BCUT2D eigenvalue weighted by Crippen LogP contribution is -2.38. The van der Waals surface area contributed by atoms with Gasteiger partial charge in [-0.3, -0.25) is 4.79 Å². The standard InChI is InChI=1S/C12H16N2O/c1-10(15)11-5-4-8-14(9-11)12-6-2-3-7-13-12/h2-3,6-7,11H,4-5,8-9H2,1H3. The van der Waals surface area contributed by atoms with E-state index in [-0.39, 0.29) is 5.92 Å². The van der Waals surface area contributed by atoms with Crippen molar-refractivity contribution >= 4 is 11.6 Å². The number of hydrogen-bond donors (Lipinski definition) is 0. The van der Waals surface area contributed by atoms with Crippen LogP contribution in [0.5, 0.6) is 0 Å². The topological polar surface area (TPSA) is 33.2 Å². The molecule has 0 saturated carbocycles. The molecule has 1 aromatic rings. The molecule has 80 valence electrons. The van der Waals surface area contributed by atoms with E-state index in [1.807, 2.05) is 18.2 Å². The molecule has 1 saturated heterocycles. The molecule has 1 aliphatic rings.